The number of rotatable bonds is 0. The average molecular weight is 193 g/mol. The molecule has 4 atom stereocenters. The summed E-state index contributed by atoms with van der Waals surface area (Å²) < 4.78 is 0. The lowest BCUT2D eigenvalue weighted by Crippen LogP contribution is -2.76. The molecule has 3 aliphatic heterocycles. The molecule has 3 nitrogen and oxygen atoms in total. The fraction of sp³-hybridized carbons (Fsp3) is 1.00. The highest BCUT2D eigenvalue weighted by atomic mass is 15.4. The monoisotopic (exact) mass is 193 g/mol. The van der Waals surface area contributed by atoms with E-state index >= 15 is 0 Å². The van der Waals surface area contributed by atoms with Crippen LogP contribution in [-0.4, -0.2) is 48.7 Å². The molecule has 0 amide bonds. The number of nitrogens with two attached hydrogens (primary N) is 1. The fourth-order valence-corrected chi connectivity index (χ4v) is 5.43. The average Bonchev–Trinajstić information content (AvgIpc) is 2.44. The van der Waals surface area contributed by atoms with Gasteiger partial charge in [0.05, 0.1) is 6.67 Å². The van der Waals surface area contributed by atoms with Crippen molar-refractivity contribution in [3.05, 3.63) is 0 Å². The van der Waals surface area contributed by atoms with Crippen molar-refractivity contribution in [1.29, 1.82) is 0 Å². The maximum absolute atomic E-state index is 6.44. The van der Waals surface area contributed by atoms with E-state index in [9.17, 15) is 0 Å². The topological polar surface area (TPSA) is 32.5 Å². The molecule has 4 aliphatic rings. The van der Waals surface area contributed by atoms with Crippen LogP contribution in [0.4, 0.5) is 0 Å². The Balaban J connectivity index is 1.95. The first-order valence-electron chi connectivity index (χ1n) is 5.72. The number of hydrogen-bond acceptors (Lipinski definition) is 3. The van der Waals surface area contributed by atoms with Crippen molar-refractivity contribution in [3.63, 3.8) is 0 Å². The molecule has 2 N–H and O–H groups in total. The Morgan fingerprint density at radius 1 is 1.00 bits per heavy atom. The standard InChI is InChI=1S/C11H19N3/c1-9-3-13-5-11(9)6-14(7-13)4-10(11,2)8(9)12/h8H,3-7,12H2,1-2H3/t9-,10-,11?/m1/s1. The molecular weight excluding hydrogens is 174 g/mol. The third-order valence-electron chi connectivity index (χ3n) is 6.05. The zero-order chi connectivity index (χ0) is 9.77. The van der Waals surface area contributed by atoms with E-state index in [2.05, 4.69) is 23.6 Å². The smallest absolute Gasteiger partial charge is 0.0507 e. The van der Waals surface area contributed by atoms with E-state index < -0.39 is 0 Å². The number of hydrogen-bond donors (Lipinski definition) is 1. The molecule has 2 unspecified atom stereocenters. The summed E-state index contributed by atoms with van der Waals surface area (Å²) in [5, 5.41) is 0. The highest BCUT2D eigenvalue weighted by molar-refractivity contribution is 5.33. The van der Waals surface area contributed by atoms with E-state index in [1.54, 1.807) is 0 Å². The molecule has 78 valence electrons. The molecule has 0 aromatic carbocycles. The van der Waals surface area contributed by atoms with Crippen LogP contribution < -0.4 is 5.73 Å². The maximum atomic E-state index is 6.44. The van der Waals surface area contributed by atoms with Crippen LogP contribution in [0.15, 0.2) is 0 Å². The first kappa shape index (κ1) is 8.08. The minimum absolute atomic E-state index is 0.410. The Hall–Kier alpha value is -0.120. The summed E-state index contributed by atoms with van der Waals surface area (Å²) in [7, 11) is 0. The van der Waals surface area contributed by atoms with Crippen LogP contribution >= 0.6 is 0 Å². The molecule has 1 aliphatic carbocycles. The molecule has 0 radical (unpaired) electrons. The van der Waals surface area contributed by atoms with Crippen molar-refractivity contribution in [2.45, 2.75) is 19.9 Å². The maximum Gasteiger partial charge on any atom is 0.0507 e. The normalized spacial score (nSPS) is 73.5. The van der Waals surface area contributed by atoms with E-state index in [4.69, 9.17) is 5.73 Å². The van der Waals surface area contributed by atoms with E-state index in [0.29, 0.717) is 22.3 Å². The molecule has 4 fully saturated rings. The van der Waals surface area contributed by atoms with Crippen molar-refractivity contribution >= 4 is 0 Å². The summed E-state index contributed by atoms with van der Waals surface area (Å²) in [5.74, 6) is 0. The molecule has 1 spiro atoms. The van der Waals surface area contributed by atoms with Gasteiger partial charge in [-0.25, -0.2) is 0 Å². The minimum atomic E-state index is 0.410. The molecule has 3 heterocycles. The van der Waals surface area contributed by atoms with Crippen molar-refractivity contribution in [2.75, 3.05) is 32.8 Å². The van der Waals surface area contributed by atoms with E-state index in [1.165, 1.54) is 32.8 Å². The van der Waals surface area contributed by atoms with Gasteiger partial charge in [-0.05, 0) is 0 Å². The van der Waals surface area contributed by atoms with Crippen LogP contribution in [0.5, 0.6) is 0 Å². The van der Waals surface area contributed by atoms with E-state index in [0.717, 1.165) is 0 Å². The molecule has 3 heteroatoms. The van der Waals surface area contributed by atoms with Gasteiger partial charge in [-0.15, -0.1) is 0 Å². The van der Waals surface area contributed by atoms with Gasteiger partial charge in [-0.2, -0.15) is 0 Å². The van der Waals surface area contributed by atoms with E-state index in [-0.39, 0.29) is 0 Å². The molecule has 0 aromatic rings. The lowest BCUT2D eigenvalue weighted by Gasteiger charge is -2.67. The van der Waals surface area contributed by atoms with Gasteiger partial charge in [0.1, 0.15) is 0 Å². The van der Waals surface area contributed by atoms with Gasteiger partial charge in [-0.1, -0.05) is 13.8 Å². The van der Waals surface area contributed by atoms with E-state index in [1.807, 2.05) is 0 Å². The molecule has 3 bridgehead atoms. The van der Waals surface area contributed by atoms with Crippen LogP contribution in [-0.2, 0) is 0 Å². The molecule has 0 aromatic heterocycles. The van der Waals surface area contributed by atoms with Gasteiger partial charge in [0.15, 0.2) is 0 Å². The van der Waals surface area contributed by atoms with Crippen LogP contribution in [0.1, 0.15) is 13.8 Å². The molecule has 4 rings (SSSR count). The van der Waals surface area contributed by atoms with Crippen molar-refractivity contribution in [2.24, 2.45) is 22.0 Å². The molecule has 1 saturated carbocycles. The quantitative estimate of drug-likeness (QED) is 0.584. The Bertz CT molecular complexity index is 298. The first-order chi connectivity index (χ1) is 6.52. The first-order valence-corrected chi connectivity index (χ1v) is 5.72. The Morgan fingerprint density at radius 2 is 1.50 bits per heavy atom. The molecule has 3 saturated heterocycles. The SMILES string of the molecule is C[C@]12CN3CN4CC1(C3)[C@](C)(C4)C2N. The Kier molecular flexibility index (Phi) is 1.03. The van der Waals surface area contributed by atoms with Crippen LogP contribution in [0.3, 0.4) is 0 Å². The van der Waals surface area contributed by atoms with Crippen LogP contribution in [0.25, 0.3) is 0 Å². The van der Waals surface area contributed by atoms with Gasteiger partial charge in [0.2, 0.25) is 0 Å². The second kappa shape index (κ2) is 1.79. The minimum Gasteiger partial charge on any atom is -0.327 e. The zero-order valence-electron chi connectivity index (χ0n) is 9.08. The fourth-order valence-electron chi connectivity index (χ4n) is 5.43. The largest absolute Gasteiger partial charge is 0.327 e. The summed E-state index contributed by atoms with van der Waals surface area (Å²) >= 11 is 0. The van der Waals surface area contributed by atoms with Crippen LogP contribution in [0.2, 0.25) is 0 Å². The van der Waals surface area contributed by atoms with Gasteiger partial charge in [0.25, 0.3) is 0 Å². The second-order valence-corrected chi connectivity index (χ2v) is 6.51. The highest BCUT2D eigenvalue weighted by Crippen LogP contribution is 2.74. The van der Waals surface area contributed by atoms with Crippen molar-refractivity contribution in [3.8, 4) is 0 Å². The third kappa shape index (κ3) is 0.484. The van der Waals surface area contributed by atoms with Crippen molar-refractivity contribution < 1.29 is 0 Å². The highest BCUT2D eigenvalue weighted by Gasteiger charge is 2.81. The van der Waals surface area contributed by atoms with Crippen LogP contribution in [0, 0.1) is 16.2 Å². The summed E-state index contributed by atoms with van der Waals surface area (Å²) in [5.41, 5.74) is 7.80. The predicted molar refractivity (Wildman–Crippen MR) is 54.6 cm³/mol. The summed E-state index contributed by atoms with van der Waals surface area (Å²) in [6.45, 7) is 11.1. The second-order valence-electron chi connectivity index (χ2n) is 6.51. The van der Waals surface area contributed by atoms with Gasteiger partial charge < -0.3 is 5.73 Å². The summed E-state index contributed by atoms with van der Waals surface area (Å²) in [4.78, 5) is 5.23. The molecule has 14 heavy (non-hydrogen) atoms. The van der Waals surface area contributed by atoms with Crippen molar-refractivity contribution in [1.82, 2.24) is 9.80 Å². The molecular formula is C11H19N3. The number of nitrogens with zero attached hydrogens (tertiary/aromatic N) is 2. The van der Waals surface area contributed by atoms with Gasteiger partial charge >= 0.3 is 0 Å². The summed E-state index contributed by atoms with van der Waals surface area (Å²) in [6.07, 6.45) is 0. The lowest BCUT2D eigenvalue weighted by atomic mass is 9.37. The third-order valence-corrected chi connectivity index (χ3v) is 6.05. The van der Waals surface area contributed by atoms with Gasteiger partial charge in [0, 0.05) is 48.5 Å². The predicted octanol–water partition coefficient (Wildman–Crippen LogP) is -0.0714. The zero-order valence-corrected chi connectivity index (χ0v) is 9.08. The Labute approximate surface area is 85.2 Å². The Morgan fingerprint density at radius 3 is 2.00 bits per heavy atom. The summed E-state index contributed by atoms with van der Waals surface area (Å²) in [6, 6.07) is 0.422. The van der Waals surface area contributed by atoms with Gasteiger partial charge in [-0.3, -0.25) is 9.80 Å². The number of fused-ring (bicyclic) bond motifs is 2. The lowest BCUT2D eigenvalue weighted by molar-refractivity contribution is -0.151.